The van der Waals surface area contributed by atoms with E-state index >= 15 is 0 Å². The zero-order valence-electron chi connectivity index (χ0n) is 12.7. The van der Waals surface area contributed by atoms with Gasteiger partial charge in [0, 0.05) is 31.7 Å². The molecule has 1 heterocycles. The molecule has 0 aromatic heterocycles. The van der Waals surface area contributed by atoms with E-state index in [1.807, 2.05) is 0 Å². The summed E-state index contributed by atoms with van der Waals surface area (Å²) in [5, 5.41) is 12.4. The lowest BCUT2D eigenvalue weighted by Crippen LogP contribution is -2.46. The van der Waals surface area contributed by atoms with Gasteiger partial charge >= 0.3 is 12.4 Å². The molecule has 1 fully saturated rings. The summed E-state index contributed by atoms with van der Waals surface area (Å²) >= 11 is 0. The molecule has 0 radical (unpaired) electrons. The first kappa shape index (κ1) is 21.9. The van der Waals surface area contributed by atoms with Crippen molar-refractivity contribution in [2.75, 3.05) is 32.8 Å². The summed E-state index contributed by atoms with van der Waals surface area (Å²) in [7, 11) is 0. The van der Waals surface area contributed by atoms with Gasteiger partial charge in [0.2, 0.25) is 0 Å². The van der Waals surface area contributed by atoms with Crippen molar-refractivity contribution in [1.82, 2.24) is 10.2 Å². The molecular weight excluding hydrogens is 381 g/mol. The summed E-state index contributed by atoms with van der Waals surface area (Å²) in [6.07, 6.45) is -10.3. The van der Waals surface area contributed by atoms with E-state index in [0.29, 0.717) is 13.1 Å². The lowest BCUT2D eigenvalue weighted by atomic mass is 9.95. The molecule has 25 heavy (non-hydrogen) atoms. The van der Waals surface area contributed by atoms with Crippen molar-refractivity contribution in [3.8, 4) is 0 Å². The van der Waals surface area contributed by atoms with Gasteiger partial charge in [-0.2, -0.15) is 26.3 Å². The first-order valence-electron chi connectivity index (χ1n) is 7.09. The molecule has 1 aromatic rings. The van der Waals surface area contributed by atoms with Crippen molar-refractivity contribution in [2.24, 2.45) is 0 Å². The van der Waals surface area contributed by atoms with Gasteiger partial charge in [0.05, 0.1) is 23.8 Å². The maximum Gasteiger partial charge on any atom is 0.416 e. The lowest BCUT2D eigenvalue weighted by molar-refractivity contribution is -0.144. The molecule has 0 bridgehead atoms. The quantitative estimate of drug-likeness (QED) is 0.770. The van der Waals surface area contributed by atoms with Crippen molar-refractivity contribution >= 4 is 12.4 Å². The van der Waals surface area contributed by atoms with E-state index in [4.69, 9.17) is 0 Å². The Labute approximate surface area is 145 Å². The number of aliphatic hydroxyl groups excluding tert-OH is 1. The third-order valence-corrected chi connectivity index (χ3v) is 3.86. The zero-order chi connectivity index (χ0) is 18.1. The fraction of sp³-hybridized carbons (Fsp3) is 0.571. The summed E-state index contributed by atoms with van der Waals surface area (Å²) in [4.78, 5) is 1.41. The van der Waals surface area contributed by atoms with Gasteiger partial charge in [-0.05, 0) is 12.1 Å². The van der Waals surface area contributed by atoms with Crippen LogP contribution in [0.2, 0.25) is 0 Å². The van der Waals surface area contributed by atoms with Crippen molar-refractivity contribution in [1.29, 1.82) is 0 Å². The maximum absolute atomic E-state index is 14.2. The second kappa shape index (κ2) is 8.07. The molecule has 3 nitrogen and oxygen atoms in total. The molecule has 2 rings (SSSR count). The molecule has 1 atom stereocenters. The smallest absolute Gasteiger partial charge is 0.394 e. The standard InChI is InChI=1S/C14H15F7N2O.ClH/c15-10-6-8(13(16,17)18)5-9(14(19,20)21)12(10)11(7-24)23-3-1-22-2-4-23;/h5-6,11,22,24H,1-4,7H2;1H/t11-;/m0./s1. The largest absolute Gasteiger partial charge is 0.416 e. The zero-order valence-corrected chi connectivity index (χ0v) is 13.5. The van der Waals surface area contributed by atoms with Gasteiger partial charge < -0.3 is 10.4 Å². The number of hydrogen-bond acceptors (Lipinski definition) is 3. The number of rotatable bonds is 3. The Morgan fingerprint density at radius 2 is 1.60 bits per heavy atom. The lowest BCUT2D eigenvalue weighted by Gasteiger charge is -2.35. The van der Waals surface area contributed by atoms with Crippen LogP contribution in [0.4, 0.5) is 30.7 Å². The Morgan fingerprint density at radius 1 is 1.04 bits per heavy atom. The van der Waals surface area contributed by atoms with E-state index in [2.05, 4.69) is 5.32 Å². The topological polar surface area (TPSA) is 35.5 Å². The average Bonchev–Trinajstić information content (AvgIpc) is 2.48. The highest BCUT2D eigenvalue weighted by Crippen LogP contribution is 2.41. The Balaban J connectivity index is 0.00000312. The number of piperazine rings is 1. The van der Waals surface area contributed by atoms with Gasteiger partial charge in [-0.1, -0.05) is 0 Å². The molecule has 1 aliphatic rings. The van der Waals surface area contributed by atoms with Crippen LogP contribution in [0.3, 0.4) is 0 Å². The number of aliphatic hydroxyl groups is 1. The predicted molar refractivity (Wildman–Crippen MR) is 77.9 cm³/mol. The van der Waals surface area contributed by atoms with Crippen LogP contribution in [0.25, 0.3) is 0 Å². The maximum atomic E-state index is 14.2. The van der Waals surface area contributed by atoms with Gasteiger partial charge in [0.25, 0.3) is 0 Å². The normalized spacial score (nSPS) is 17.9. The molecule has 1 aliphatic heterocycles. The summed E-state index contributed by atoms with van der Waals surface area (Å²) < 4.78 is 92.0. The number of benzene rings is 1. The van der Waals surface area contributed by atoms with E-state index in [1.165, 1.54) is 4.90 Å². The second-order valence-electron chi connectivity index (χ2n) is 5.40. The molecule has 0 unspecified atom stereocenters. The number of hydrogen-bond donors (Lipinski definition) is 2. The third kappa shape index (κ3) is 4.96. The highest BCUT2D eigenvalue weighted by Gasteiger charge is 2.42. The van der Waals surface area contributed by atoms with E-state index < -0.39 is 47.5 Å². The predicted octanol–water partition coefficient (Wildman–Crippen LogP) is 3.22. The van der Waals surface area contributed by atoms with Gasteiger partial charge in [-0.15, -0.1) is 12.4 Å². The van der Waals surface area contributed by atoms with Crippen LogP contribution >= 0.6 is 12.4 Å². The molecule has 0 amide bonds. The second-order valence-corrected chi connectivity index (χ2v) is 5.40. The number of nitrogens with zero attached hydrogens (tertiary/aromatic N) is 1. The van der Waals surface area contributed by atoms with E-state index in [9.17, 15) is 35.8 Å². The van der Waals surface area contributed by atoms with Crippen molar-refractivity contribution in [3.63, 3.8) is 0 Å². The van der Waals surface area contributed by atoms with Crippen LogP contribution in [-0.4, -0.2) is 42.8 Å². The molecular formula is C14H16ClF7N2O. The Kier molecular flexibility index (Phi) is 7.08. The van der Waals surface area contributed by atoms with Gasteiger partial charge in [0.15, 0.2) is 0 Å². The Hall–Kier alpha value is -1.10. The monoisotopic (exact) mass is 396 g/mol. The van der Waals surface area contributed by atoms with Crippen LogP contribution in [0, 0.1) is 5.82 Å². The first-order chi connectivity index (χ1) is 11.1. The van der Waals surface area contributed by atoms with Crippen molar-refractivity contribution in [3.05, 3.63) is 34.6 Å². The molecule has 1 aromatic carbocycles. The van der Waals surface area contributed by atoms with E-state index in [0.717, 1.165) is 0 Å². The number of nitrogens with one attached hydrogen (secondary N) is 1. The fourth-order valence-electron chi connectivity index (χ4n) is 2.74. The highest BCUT2D eigenvalue weighted by atomic mass is 35.5. The van der Waals surface area contributed by atoms with Crippen molar-refractivity contribution in [2.45, 2.75) is 18.4 Å². The van der Waals surface area contributed by atoms with E-state index in [-0.39, 0.29) is 37.6 Å². The molecule has 1 saturated heterocycles. The van der Waals surface area contributed by atoms with Gasteiger partial charge in [-0.25, -0.2) is 4.39 Å². The number of alkyl halides is 6. The Morgan fingerprint density at radius 3 is 2.04 bits per heavy atom. The Bertz CT molecular complexity index is 586. The molecule has 0 aliphatic carbocycles. The molecule has 11 heteroatoms. The highest BCUT2D eigenvalue weighted by molar-refractivity contribution is 5.85. The minimum absolute atomic E-state index is 0. The van der Waals surface area contributed by atoms with Crippen LogP contribution < -0.4 is 5.32 Å². The summed E-state index contributed by atoms with van der Waals surface area (Å²) in [5.41, 5.74) is -4.39. The van der Waals surface area contributed by atoms with Crippen molar-refractivity contribution < 1.29 is 35.8 Å². The van der Waals surface area contributed by atoms with Crippen LogP contribution in [0.1, 0.15) is 22.7 Å². The van der Waals surface area contributed by atoms with Crippen LogP contribution in [0.5, 0.6) is 0 Å². The minimum Gasteiger partial charge on any atom is -0.394 e. The summed E-state index contributed by atoms with van der Waals surface area (Å²) in [5.74, 6) is -1.63. The molecule has 0 spiro atoms. The SMILES string of the molecule is Cl.OC[C@@H](c1c(F)cc(C(F)(F)F)cc1C(F)(F)F)N1CCNCC1. The molecule has 0 saturated carbocycles. The van der Waals surface area contributed by atoms with Gasteiger partial charge in [0.1, 0.15) is 5.82 Å². The minimum atomic E-state index is -5.18. The molecule has 2 N–H and O–H groups in total. The number of halogens is 8. The fourth-order valence-corrected chi connectivity index (χ4v) is 2.74. The first-order valence-corrected chi connectivity index (χ1v) is 7.09. The average molecular weight is 397 g/mol. The van der Waals surface area contributed by atoms with Crippen LogP contribution in [0.15, 0.2) is 12.1 Å². The van der Waals surface area contributed by atoms with Crippen LogP contribution in [-0.2, 0) is 12.4 Å². The summed E-state index contributed by atoms with van der Waals surface area (Å²) in [6.45, 7) is 0.470. The van der Waals surface area contributed by atoms with E-state index in [1.54, 1.807) is 0 Å². The molecule has 144 valence electrons. The van der Waals surface area contributed by atoms with Gasteiger partial charge in [-0.3, -0.25) is 4.90 Å². The third-order valence-electron chi connectivity index (χ3n) is 3.86. The summed E-state index contributed by atoms with van der Waals surface area (Å²) in [6, 6.07) is -1.44.